The molecule has 28 heavy (non-hydrogen) atoms. The van der Waals surface area contributed by atoms with Gasteiger partial charge in [-0.2, -0.15) is 0 Å². The topological polar surface area (TPSA) is 65.8 Å². The molecule has 2 atom stereocenters. The number of hydrogen-bond acceptors (Lipinski definition) is 5. The summed E-state index contributed by atoms with van der Waals surface area (Å²) in [5.41, 5.74) is -0.444. The standard InChI is InChI=1S/C20H34BN3O4/c1-14-11-23(17(25)26-18(2,3)4)10-9-15(14)24-12-16(22-13-24)21-27-19(5,6)20(7,8)28-21/h12-15H,9-11H2,1-8H3. The van der Waals surface area contributed by atoms with E-state index < -0.39 is 12.7 Å². The van der Waals surface area contributed by atoms with Crippen molar-refractivity contribution < 1.29 is 18.8 Å². The molecule has 0 spiro atoms. The Kier molecular flexibility index (Phi) is 5.34. The van der Waals surface area contributed by atoms with Gasteiger partial charge >= 0.3 is 13.2 Å². The summed E-state index contributed by atoms with van der Waals surface area (Å²) in [5.74, 6) is 0.293. The third-order valence-corrected chi connectivity index (χ3v) is 6.01. The van der Waals surface area contributed by atoms with Crippen LogP contribution in [-0.4, -0.2) is 57.6 Å². The van der Waals surface area contributed by atoms with Gasteiger partial charge in [-0.15, -0.1) is 0 Å². The Morgan fingerprint density at radius 3 is 2.39 bits per heavy atom. The molecule has 0 bridgehead atoms. The molecule has 1 aromatic heterocycles. The first-order chi connectivity index (χ1) is 12.8. The first kappa shape index (κ1) is 21.2. The third-order valence-electron chi connectivity index (χ3n) is 6.01. The van der Waals surface area contributed by atoms with Crippen molar-refractivity contribution in [2.75, 3.05) is 13.1 Å². The number of carbonyl (C=O) groups excluding carboxylic acids is 1. The number of hydrogen-bond donors (Lipinski definition) is 0. The summed E-state index contributed by atoms with van der Waals surface area (Å²) in [5, 5.41) is 0. The van der Waals surface area contributed by atoms with Crippen molar-refractivity contribution in [3.63, 3.8) is 0 Å². The van der Waals surface area contributed by atoms with Gasteiger partial charge in [-0.25, -0.2) is 9.78 Å². The van der Waals surface area contributed by atoms with Crippen LogP contribution in [0.2, 0.25) is 0 Å². The maximum absolute atomic E-state index is 12.4. The van der Waals surface area contributed by atoms with E-state index in [1.54, 1.807) is 4.90 Å². The SMILES string of the molecule is CC1CN(C(=O)OC(C)(C)C)CCC1n1cnc(B2OC(C)(C)C(C)(C)O2)c1. The Morgan fingerprint density at radius 2 is 1.86 bits per heavy atom. The van der Waals surface area contributed by atoms with E-state index in [0.29, 0.717) is 19.0 Å². The quantitative estimate of drug-likeness (QED) is 0.726. The van der Waals surface area contributed by atoms with Crippen LogP contribution in [0.25, 0.3) is 0 Å². The van der Waals surface area contributed by atoms with E-state index in [1.165, 1.54) is 0 Å². The first-order valence-corrected chi connectivity index (χ1v) is 10.2. The molecule has 2 aliphatic rings. The number of imidazole rings is 1. The molecule has 8 heteroatoms. The molecule has 2 fully saturated rings. The summed E-state index contributed by atoms with van der Waals surface area (Å²) in [4.78, 5) is 18.7. The minimum absolute atomic E-state index is 0.235. The van der Waals surface area contributed by atoms with Crippen LogP contribution in [0.1, 0.15) is 67.9 Å². The van der Waals surface area contributed by atoms with Crippen molar-refractivity contribution in [1.29, 1.82) is 0 Å². The average molecular weight is 391 g/mol. The Hall–Kier alpha value is -1.54. The number of rotatable bonds is 2. The van der Waals surface area contributed by atoms with Crippen LogP contribution in [0.15, 0.2) is 12.5 Å². The van der Waals surface area contributed by atoms with E-state index in [4.69, 9.17) is 14.0 Å². The molecule has 156 valence electrons. The highest BCUT2D eigenvalue weighted by Crippen LogP contribution is 2.36. The Labute approximate surface area is 168 Å². The minimum Gasteiger partial charge on any atom is -0.444 e. The van der Waals surface area contributed by atoms with E-state index >= 15 is 0 Å². The molecule has 2 saturated heterocycles. The van der Waals surface area contributed by atoms with Gasteiger partial charge in [0.2, 0.25) is 0 Å². The molecule has 0 aromatic carbocycles. The predicted octanol–water partition coefficient (Wildman–Crippen LogP) is 3.00. The lowest BCUT2D eigenvalue weighted by Gasteiger charge is -2.38. The van der Waals surface area contributed by atoms with E-state index in [0.717, 1.165) is 12.0 Å². The van der Waals surface area contributed by atoms with Gasteiger partial charge in [-0.05, 0) is 60.8 Å². The summed E-state index contributed by atoms with van der Waals surface area (Å²) in [6.45, 7) is 17.3. The molecule has 3 rings (SSSR count). The fourth-order valence-electron chi connectivity index (χ4n) is 3.69. The van der Waals surface area contributed by atoms with Gasteiger partial charge in [0, 0.05) is 25.3 Å². The molecule has 2 unspecified atom stereocenters. The second kappa shape index (κ2) is 7.06. The van der Waals surface area contributed by atoms with E-state index in [2.05, 4.69) is 16.5 Å². The molecule has 3 heterocycles. The maximum Gasteiger partial charge on any atom is 0.516 e. The number of piperidine rings is 1. The number of likely N-dealkylation sites (tertiary alicyclic amines) is 1. The number of ether oxygens (including phenoxy) is 1. The molecule has 0 radical (unpaired) electrons. The van der Waals surface area contributed by atoms with Crippen LogP contribution in [0.4, 0.5) is 4.79 Å². The molecule has 0 N–H and O–H groups in total. The second-order valence-electron chi connectivity index (χ2n) is 10.1. The Morgan fingerprint density at radius 1 is 1.25 bits per heavy atom. The van der Waals surface area contributed by atoms with E-state index in [9.17, 15) is 4.79 Å². The first-order valence-electron chi connectivity index (χ1n) is 10.2. The van der Waals surface area contributed by atoms with Crippen molar-refractivity contribution in [3.05, 3.63) is 12.5 Å². The summed E-state index contributed by atoms with van der Waals surface area (Å²) in [6.07, 6.45) is 4.50. The van der Waals surface area contributed by atoms with Crippen molar-refractivity contribution in [1.82, 2.24) is 14.5 Å². The fraction of sp³-hybridized carbons (Fsp3) is 0.800. The number of nitrogens with zero attached hydrogens (tertiary/aromatic N) is 3. The van der Waals surface area contributed by atoms with Gasteiger partial charge < -0.3 is 23.5 Å². The summed E-state index contributed by atoms with van der Waals surface area (Å²) in [6, 6.07) is 0.280. The number of carbonyl (C=O) groups is 1. The van der Waals surface area contributed by atoms with E-state index in [-0.39, 0.29) is 23.3 Å². The second-order valence-corrected chi connectivity index (χ2v) is 10.1. The fourth-order valence-corrected chi connectivity index (χ4v) is 3.69. The summed E-state index contributed by atoms with van der Waals surface area (Å²) < 4.78 is 19.9. The van der Waals surface area contributed by atoms with Gasteiger partial charge in [0.1, 0.15) is 5.60 Å². The van der Waals surface area contributed by atoms with Crippen LogP contribution in [0.3, 0.4) is 0 Å². The minimum atomic E-state index is -0.473. The Bertz CT molecular complexity index is 709. The lowest BCUT2D eigenvalue weighted by atomic mass is 9.85. The van der Waals surface area contributed by atoms with Crippen molar-refractivity contribution >= 4 is 18.8 Å². The molecule has 0 aliphatic carbocycles. The lowest BCUT2D eigenvalue weighted by Crippen LogP contribution is -2.45. The van der Waals surface area contributed by atoms with E-state index in [1.807, 2.05) is 61.0 Å². The molecule has 2 aliphatic heterocycles. The smallest absolute Gasteiger partial charge is 0.444 e. The van der Waals surface area contributed by atoms with Gasteiger partial charge in [0.25, 0.3) is 0 Å². The van der Waals surface area contributed by atoms with Crippen molar-refractivity contribution in [2.24, 2.45) is 5.92 Å². The number of aromatic nitrogens is 2. The highest BCUT2D eigenvalue weighted by Gasteiger charge is 2.52. The zero-order valence-electron chi connectivity index (χ0n) is 18.5. The average Bonchev–Trinajstić information content (AvgIpc) is 3.08. The number of amides is 1. The normalized spacial score (nSPS) is 27.1. The molecule has 7 nitrogen and oxygen atoms in total. The predicted molar refractivity (Wildman–Crippen MR) is 109 cm³/mol. The van der Waals surface area contributed by atoms with Crippen LogP contribution in [0, 0.1) is 5.92 Å². The zero-order chi connectivity index (χ0) is 20.9. The Balaban J connectivity index is 1.64. The van der Waals surface area contributed by atoms with Crippen molar-refractivity contribution in [3.8, 4) is 0 Å². The highest BCUT2D eigenvalue weighted by molar-refractivity contribution is 6.61. The van der Waals surface area contributed by atoms with Gasteiger partial charge in [-0.1, -0.05) is 6.92 Å². The third kappa shape index (κ3) is 4.22. The zero-order valence-corrected chi connectivity index (χ0v) is 18.5. The molecular formula is C20H34BN3O4. The van der Waals surface area contributed by atoms with Crippen molar-refractivity contribution in [2.45, 2.75) is 84.7 Å². The summed E-state index contributed by atoms with van der Waals surface area (Å²) in [7, 11) is -0.455. The monoisotopic (exact) mass is 391 g/mol. The molecule has 0 saturated carbocycles. The van der Waals surface area contributed by atoms with Crippen LogP contribution < -0.4 is 5.59 Å². The summed E-state index contributed by atoms with van der Waals surface area (Å²) >= 11 is 0. The largest absolute Gasteiger partial charge is 0.516 e. The van der Waals surface area contributed by atoms with Gasteiger partial charge in [-0.3, -0.25) is 0 Å². The van der Waals surface area contributed by atoms with Gasteiger partial charge in [0.05, 0.1) is 23.1 Å². The van der Waals surface area contributed by atoms with Crippen LogP contribution >= 0.6 is 0 Å². The lowest BCUT2D eigenvalue weighted by molar-refractivity contribution is 0.00578. The van der Waals surface area contributed by atoms with Gasteiger partial charge in [0.15, 0.2) is 0 Å². The molecular weight excluding hydrogens is 357 g/mol. The maximum atomic E-state index is 12.4. The van der Waals surface area contributed by atoms with Crippen LogP contribution in [0.5, 0.6) is 0 Å². The van der Waals surface area contributed by atoms with Crippen LogP contribution in [-0.2, 0) is 14.0 Å². The molecule has 1 aromatic rings. The molecule has 1 amide bonds. The highest BCUT2D eigenvalue weighted by atomic mass is 16.7.